The average molecular weight is 415 g/mol. The predicted octanol–water partition coefficient (Wildman–Crippen LogP) is 3.74. The summed E-state index contributed by atoms with van der Waals surface area (Å²) in [5.74, 6) is 0.678. The molecule has 0 saturated heterocycles. The van der Waals surface area contributed by atoms with Crippen LogP contribution in [0.4, 0.5) is 0 Å². The number of ketones is 1. The lowest BCUT2D eigenvalue weighted by Crippen LogP contribution is -2.56. The predicted molar refractivity (Wildman–Crippen MR) is 103 cm³/mol. The molecular weight excluding hydrogens is 380 g/mol. The number of aliphatic hydroxyl groups is 1. The Kier molecular flexibility index (Phi) is 4.82. The number of carbonyl (C=O) groups is 1. The lowest BCUT2D eigenvalue weighted by atomic mass is 9.44. The highest BCUT2D eigenvalue weighted by Crippen LogP contribution is 2.68. The maximum atomic E-state index is 12.2. The molecule has 0 aromatic heterocycles. The van der Waals surface area contributed by atoms with Crippen molar-refractivity contribution in [3.63, 3.8) is 0 Å². The van der Waals surface area contributed by atoms with Crippen LogP contribution in [0.3, 0.4) is 0 Å². The summed E-state index contributed by atoms with van der Waals surface area (Å²) in [7, 11) is -4.68. The van der Waals surface area contributed by atoms with Gasteiger partial charge in [-0.05, 0) is 86.4 Å². The van der Waals surface area contributed by atoms with Gasteiger partial charge in [0.05, 0.1) is 0 Å². The van der Waals surface area contributed by atoms with Crippen LogP contribution in [0, 0.1) is 40.4 Å². The van der Waals surface area contributed by atoms with Gasteiger partial charge in [0.15, 0.2) is 5.79 Å². The molecular formula is C21H34O6S. The Morgan fingerprint density at radius 3 is 2.29 bits per heavy atom. The van der Waals surface area contributed by atoms with E-state index in [1.54, 1.807) is 6.92 Å². The van der Waals surface area contributed by atoms with E-state index in [1.807, 2.05) is 0 Å². The van der Waals surface area contributed by atoms with E-state index in [-0.39, 0.29) is 35.5 Å². The monoisotopic (exact) mass is 414 g/mol. The molecule has 0 bridgehead atoms. The van der Waals surface area contributed by atoms with Gasteiger partial charge in [-0.1, -0.05) is 13.8 Å². The molecule has 0 aromatic rings. The van der Waals surface area contributed by atoms with Gasteiger partial charge in [-0.25, -0.2) is 4.18 Å². The highest BCUT2D eigenvalue weighted by atomic mass is 32.3. The van der Waals surface area contributed by atoms with Crippen molar-refractivity contribution in [1.29, 1.82) is 0 Å². The van der Waals surface area contributed by atoms with Crippen molar-refractivity contribution in [2.45, 2.75) is 84.3 Å². The summed E-state index contributed by atoms with van der Waals surface area (Å²) in [6, 6.07) is 0. The van der Waals surface area contributed by atoms with Crippen molar-refractivity contribution in [2.75, 3.05) is 0 Å². The number of fused-ring (bicyclic) bond motifs is 5. The van der Waals surface area contributed by atoms with Crippen molar-refractivity contribution in [3.05, 3.63) is 0 Å². The molecule has 0 aliphatic heterocycles. The van der Waals surface area contributed by atoms with Crippen LogP contribution >= 0.6 is 0 Å². The number of hydrogen-bond acceptors (Lipinski definition) is 5. The molecule has 4 rings (SSSR count). The van der Waals surface area contributed by atoms with E-state index in [0.717, 1.165) is 38.5 Å². The Morgan fingerprint density at radius 1 is 0.964 bits per heavy atom. The van der Waals surface area contributed by atoms with Crippen LogP contribution in [0.1, 0.15) is 78.6 Å². The van der Waals surface area contributed by atoms with Gasteiger partial charge in [0.25, 0.3) is 0 Å². The Hall–Kier alpha value is -0.500. The Morgan fingerprint density at radius 2 is 1.64 bits per heavy atom. The first-order chi connectivity index (χ1) is 12.9. The topological polar surface area (TPSA) is 101 Å². The highest BCUT2D eigenvalue weighted by molar-refractivity contribution is 7.80. The zero-order valence-electron chi connectivity index (χ0n) is 17.2. The normalized spacial score (nSPS) is 51.1. The number of Topliss-reactive ketones (excluding diaryl/α,β-unsaturated/α-hetero) is 1. The maximum absolute atomic E-state index is 12.2. The molecule has 6 nitrogen and oxygen atoms in total. The summed E-state index contributed by atoms with van der Waals surface area (Å²) >= 11 is 0. The van der Waals surface area contributed by atoms with Crippen molar-refractivity contribution < 1.29 is 27.1 Å². The van der Waals surface area contributed by atoms with Crippen molar-refractivity contribution in [3.8, 4) is 0 Å². The summed E-state index contributed by atoms with van der Waals surface area (Å²) in [5, 5.41) is 10.6. The number of hydrogen-bond donors (Lipinski definition) is 2. The third-order valence-electron chi connectivity index (χ3n) is 9.44. The van der Waals surface area contributed by atoms with Gasteiger partial charge >= 0.3 is 10.4 Å². The molecule has 7 heteroatoms. The molecule has 0 amide bonds. The number of carbonyl (C=O) groups excluding carboxylic acids is 1. The van der Waals surface area contributed by atoms with E-state index in [1.165, 1.54) is 0 Å². The van der Waals surface area contributed by atoms with Crippen LogP contribution in [0.15, 0.2) is 0 Å². The molecule has 0 radical (unpaired) electrons. The first-order valence-corrected chi connectivity index (χ1v) is 12.2. The van der Waals surface area contributed by atoms with Crippen LogP contribution in [0.25, 0.3) is 0 Å². The SMILES string of the molecule is CC(=O)[C@H]1CCC2[C@H]3CC[C@@H]4C[C@](O)(OS(=O)(=O)O)CC[C@]4(C)[C@@H]3CC[C@@]21C. The van der Waals surface area contributed by atoms with Gasteiger partial charge in [-0.3, -0.25) is 9.35 Å². The van der Waals surface area contributed by atoms with E-state index in [9.17, 15) is 18.3 Å². The minimum Gasteiger partial charge on any atom is -0.364 e. The fourth-order valence-electron chi connectivity index (χ4n) is 8.15. The summed E-state index contributed by atoms with van der Waals surface area (Å²) in [4.78, 5) is 12.2. The van der Waals surface area contributed by atoms with Crippen LogP contribution in [0.2, 0.25) is 0 Å². The minimum atomic E-state index is -4.68. The fraction of sp³-hybridized carbons (Fsp3) is 0.952. The summed E-state index contributed by atoms with van der Waals surface area (Å²) in [6.45, 7) is 6.39. The molecule has 160 valence electrons. The van der Waals surface area contributed by atoms with Gasteiger partial charge in [0.1, 0.15) is 5.78 Å². The van der Waals surface area contributed by atoms with Gasteiger partial charge in [-0.2, -0.15) is 8.42 Å². The molecule has 4 fully saturated rings. The van der Waals surface area contributed by atoms with E-state index < -0.39 is 16.2 Å². The van der Waals surface area contributed by atoms with Crippen molar-refractivity contribution in [2.24, 2.45) is 40.4 Å². The summed E-state index contributed by atoms with van der Waals surface area (Å²) < 4.78 is 36.0. The van der Waals surface area contributed by atoms with E-state index in [2.05, 4.69) is 18.0 Å². The van der Waals surface area contributed by atoms with Crippen LogP contribution in [0.5, 0.6) is 0 Å². The Balaban J connectivity index is 1.56. The molecule has 4 saturated carbocycles. The third-order valence-corrected chi connectivity index (χ3v) is 9.96. The van der Waals surface area contributed by atoms with Gasteiger partial charge in [-0.15, -0.1) is 0 Å². The standard InChI is InChI=1S/C21H34O6S/c1-13(22)16-6-7-17-15-5-4-14-12-21(23,27-28(24,25)26)11-10-19(14,2)18(15)8-9-20(16,17)3/h14-18,23H,4-12H2,1-3H3,(H,24,25,26)/t14-,15-,16-,17?,18-,19+,20-,21-/m1/s1. The van der Waals surface area contributed by atoms with Crippen LogP contribution in [-0.2, 0) is 19.4 Å². The second-order valence-electron chi connectivity index (χ2n) is 10.6. The van der Waals surface area contributed by atoms with Crippen LogP contribution < -0.4 is 0 Å². The smallest absolute Gasteiger partial charge is 0.364 e. The molecule has 4 aliphatic carbocycles. The first-order valence-electron chi connectivity index (χ1n) is 10.8. The largest absolute Gasteiger partial charge is 0.400 e. The lowest BCUT2D eigenvalue weighted by Gasteiger charge is -2.61. The molecule has 2 N–H and O–H groups in total. The van der Waals surface area contributed by atoms with Gasteiger partial charge in [0.2, 0.25) is 0 Å². The van der Waals surface area contributed by atoms with Crippen molar-refractivity contribution in [1.82, 2.24) is 0 Å². The minimum absolute atomic E-state index is 0.0490. The molecule has 4 aliphatic rings. The van der Waals surface area contributed by atoms with Crippen molar-refractivity contribution >= 4 is 16.2 Å². The first kappa shape index (κ1) is 20.8. The Bertz CT molecular complexity index is 765. The third kappa shape index (κ3) is 3.17. The molecule has 8 atom stereocenters. The second kappa shape index (κ2) is 6.50. The zero-order chi connectivity index (χ0) is 20.5. The molecule has 0 spiro atoms. The number of rotatable bonds is 3. The average Bonchev–Trinajstić information content (AvgIpc) is 2.91. The quantitative estimate of drug-likeness (QED) is 0.539. The van der Waals surface area contributed by atoms with Gasteiger partial charge in [0, 0.05) is 18.8 Å². The maximum Gasteiger partial charge on any atom is 0.400 e. The molecule has 1 unspecified atom stereocenters. The van der Waals surface area contributed by atoms with Crippen LogP contribution in [-0.4, -0.2) is 29.6 Å². The van der Waals surface area contributed by atoms with E-state index in [4.69, 9.17) is 4.55 Å². The van der Waals surface area contributed by atoms with E-state index >= 15 is 0 Å². The lowest BCUT2D eigenvalue weighted by molar-refractivity contribution is -0.219. The fourth-order valence-corrected chi connectivity index (χ4v) is 8.69. The summed E-state index contributed by atoms with van der Waals surface area (Å²) in [6.07, 6.45) is 7.52. The molecule has 28 heavy (non-hydrogen) atoms. The Labute approximate surface area is 168 Å². The molecule has 0 heterocycles. The second-order valence-corrected chi connectivity index (χ2v) is 11.6. The van der Waals surface area contributed by atoms with Gasteiger partial charge < -0.3 is 5.11 Å². The highest BCUT2D eigenvalue weighted by Gasteiger charge is 2.62. The molecule has 0 aromatic carbocycles. The summed E-state index contributed by atoms with van der Waals surface area (Å²) in [5.41, 5.74) is 0.174. The van der Waals surface area contributed by atoms with E-state index in [0.29, 0.717) is 30.0 Å². The zero-order valence-corrected chi connectivity index (χ0v) is 18.0.